The first-order valence-electron chi connectivity index (χ1n) is 7.43. The molecule has 1 unspecified atom stereocenters. The standard InChI is InChI=1S/C16H16F2N4O2/c1-10-19-20-15-9-21(14(16(23)24)8-22(10)15)6-2-3-11-4-5-12(17)7-13(11)18/h2-5,7,14H,6,8-9H2,1H3,(H,23,24)/b3-2+. The summed E-state index contributed by atoms with van der Waals surface area (Å²) in [5, 5.41) is 17.4. The lowest BCUT2D eigenvalue weighted by Crippen LogP contribution is -2.48. The number of rotatable bonds is 4. The average molecular weight is 334 g/mol. The molecule has 6 nitrogen and oxygen atoms in total. The fourth-order valence-electron chi connectivity index (χ4n) is 2.74. The number of benzene rings is 1. The highest BCUT2D eigenvalue weighted by atomic mass is 19.1. The summed E-state index contributed by atoms with van der Waals surface area (Å²) in [7, 11) is 0. The summed E-state index contributed by atoms with van der Waals surface area (Å²) in [4.78, 5) is 13.2. The first-order valence-corrected chi connectivity index (χ1v) is 7.43. The summed E-state index contributed by atoms with van der Waals surface area (Å²) in [5.41, 5.74) is 0.249. The maximum atomic E-state index is 13.6. The van der Waals surface area contributed by atoms with Crippen LogP contribution in [-0.4, -0.2) is 43.3 Å². The Labute approximate surface area is 137 Å². The molecular formula is C16H16F2N4O2. The van der Waals surface area contributed by atoms with Crippen molar-refractivity contribution in [1.82, 2.24) is 19.7 Å². The fraction of sp³-hybridized carbons (Fsp3) is 0.312. The van der Waals surface area contributed by atoms with Crippen LogP contribution >= 0.6 is 0 Å². The van der Waals surface area contributed by atoms with Crippen LogP contribution in [0, 0.1) is 18.6 Å². The van der Waals surface area contributed by atoms with E-state index < -0.39 is 23.6 Å². The first kappa shape index (κ1) is 16.3. The number of aromatic nitrogens is 3. The summed E-state index contributed by atoms with van der Waals surface area (Å²) in [5.74, 6) is -0.849. The first-order chi connectivity index (χ1) is 11.5. The van der Waals surface area contributed by atoms with Gasteiger partial charge in [0.15, 0.2) is 0 Å². The number of carboxylic acids is 1. The molecular weight excluding hydrogens is 318 g/mol. The molecule has 0 saturated carbocycles. The minimum Gasteiger partial charge on any atom is -0.480 e. The lowest BCUT2D eigenvalue weighted by Gasteiger charge is -2.32. The third kappa shape index (κ3) is 3.18. The molecule has 0 radical (unpaired) electrons. The molecule has 0 amide bonds. The van der Waals surface area contributed by atoms with Crippen molar-refractivity contribution in [2.24, 2.45) is 0 Å². The van der Waals surface area contributed by atoms with Crippen LogP contribution in [0.1, 0.15) is 17.2 Å². The summed E-state index contributed by atoms with van der Waals surface area (Å²) >= 11 is 0. The molecule has 0 saturated heterocycles. The Hall–Kier alpha value is -2.61. The molecule has 0 bridgehead atoms. The van der Waals surface area contributed by atoms with E-state index in [1.165, 1.54) is 18.2 Å². The Balaban J connectivity index is 1.75. The highest BCUT2D eigenvalue weighted by Gasteiger charge is 2.32. The van der Waals surface area contributed by atoms with Crippen LogP contribution in [0.2, 0.25) is 0 Å². The van der Waals surface area contributed by atoms with E-state index in [0.717, 1.165) is 6.07 Å². The average Bonchev–Trinajstić information content (AvgIpc) is 2.89. The number of hydrogen-bond donors (Lipinski definition) is 1. The van der Waals surface area contributed by atoms with Crippen LogP contribution in [0.3, 0.4) is 0 Å². The van der Waals surface area contributed by atoms with Gasteiger partial charge in [0.1, 0.15) is 29.3 Å². The lowest BCUT2D eigenvalue weighted by atomic mass is 10.1. The highest BCUT2D eigenvalue weighted by Crippen LogP contribution is 2.18. The zero-order valence-corrected chi connectivity index (χ0v) is 13.0. The van der Waals surface area contributed by atoms with Gasteiger partial charge in [0.2, 0.25) is 0 Å². The maximum absolute atomic E-state index is 13.6. The van der Waals surface area contributed by atoms with Crippen molar-refractivity contribution in [2.75, 3.05) is 6.54 Å². The SMILES string of the molecule is Cc1nnc2n1CC(C(=O)O)N(C/C=C/c1ccc(F)cc1F)C2. The summed E-state index contributed by atoms with van der Waals surface area (Å²) in [6, 6.07) is 2.61. The second kappa shape index (κ2) is 6.48. The van der Waals surface area contributed by atoms with E-state index in [1.54, 1.807) is 22.5 Å². The number of aryl methyl sites for hydroxylation is 1. The number of fused-ring (bicyclic) bond motifs is 1. The molecule has 0 fully saturated rings. The topological polar surface area (TPSA) is 71.2 Å². The molecule has 24 heavy (non-hydrogen) atoms. The van der Waals surface area contributed by atoms with Gasteiger partial charge in [-0.1, -0.05) is 12.2 Å². The molecule has 0 aliphatic carbocycles. The smallest absolute Gasteiger partial charge is 0.322 e. The minimum absolute atomic E-state index is 0.249. The van der Waals surface area contributed by atoms with Gasteiger partial charge >= 0.3 is 5.97 Å². The quantitative estimate of drug-likeness (QED) is 0.924. The third-order valence-electron chi connectivity index (χ3n) is 4.04. The van der Waals surface area contributed by atoms with Crippen molar-refractivity contribution in [2.45, 2.75) is 26.1 Å². The Kier molecular flexibility index (Phi) is 4.39. The van der Waals surface area contributed by atoms with Crippen molar-refractivity contribution < 1.29 is 18.7 Å². The van der Waals surface area contributed by atoms with Gasteiger partial charge in [-0.15, -0.1) is 10.2 Å². The van der Waals surface area contributed by atoms with E-state index in [0.29, 0.717) is 24.7 Å². The Morgan fingerprint density at radius 2 is 2.21 bits per heavy atom. The zero-order valence-electron chi connectivity index (χ0n) is 13.0. The third-order valence-corrected chi connectivity index (χ3v) is 4.04. The van der Waals surface area contributed by atoms with Crippen molar-refractivity contribution in [3.63, 3.8) is 0 Å². The van der Waals surface area contributed by atoms with Crippen molar-refractivity contribution in [1.29, 1.82) is 0 Å². The van der Waals surface area contributed by atoms with Gasteiger partial charge in [-0.3, -0.25) is 9.69 Å². The van der Waals surface area contributed by atoms with E-state index >= 15 is 0 Å². The second-order valence-electron chi connectivity index (χ2n) is 5.63. The lowest BCUT2D eigenvalue weighted by molar-refractivity contribution is -0.144. The predicted octanol–water partition coefficient (Wildman–Crippen LogP) is 1.85. The van der Waals surface area contributed by atoms with Crippen LogP contribution in [0.15, 0.2) is 24.3 Å². The van der Waals surface area contributed by atoms with Crippen molar-refractivity contribution >= 4 is 12.0 Å². The van der Waals surface area contributed by atoms with Crippen LogP contribution in [0.5, 0.6) is 0 Å². The molecule has 2 aromatic rings. The van der Waals surface area contributed by atoms with Crippen LogP contribution in [-0.2, 0) is 17.9 Å². The van der Waals surface area contributed by atoms with E-state index in [1.807, 2.05) is 0 Å². The molecule has 8 heteroatoms. The molecule has 1 aliphatic heterocycles. The van der Waals surface area contributed by atoms with Crippen molar-refractivity contribution in [3.05, 3.63) is 53.1 Å². The maximum Gasteiger partial charge on any atom is 0.322 e. The minimum atomic E-state index is -0.935. The molecule has 1 aliphatic rings. The van der Waals surface area contributed by atoms with Gasteiger partial charge in [-0.2, -0.15) is 0 Å². The molecule has 1 N–H and O–H groups in total. The van der Waals surface area contributed by atoms with Gasteiger partial charge < -0.3 is 9.67 Å². The monoisotopic (exact) mass is 334 g/mol. The summed E-state index contributed by atoms with van der Waals surface area (Å²) in [6.45, 7) is 2.69. The van der Waals surface area contributed by atoms with Gasteiger partial charge in [0, 0.05) is 18.2 Å². The summed E-state index contributed by atoms with van der Waals surface area (Å²) < 4.78 is 28.3. The van der Waals surface area contributed by atoms with Crippen LogP contribution in [0.4, 0.5) is 8.78 Å². The molecule has 1 aromatic carbocycles. The number of halogens is 2. The molecule has 126 valence electrons. The molecule has 2 heterocycles. The van der Waals surface area contributed by atoms with E-state index in [4.69, 9.17) is 0 Å². The van der Waals surface area contributed by atoms with Gasteiger partial charge in [-0.05, 0) is 19.1 Å². The predicted molar refractivity (Wildman–Crippen MR) is 82.0 cm³/mol. The van der Waals surface area contributed by atoms with Gasteiger partial charge in [-0.25, -0.2) is 8.78 Å². The number of aliphatic carboxylic acids is 1. The van der Waals surface area contributed by atoms with Gasteiger partial charge in [0.05, 0.1) is 13.1 Å². The fourth-order valence-corrected chi connectivity index (χ4v) is 2.74. The molecule has 1 atom stereocenters. The van der Waals surface area contributed by atoms with Crippen LogP contribution in [0.25, 0.3) is 6.08 Å². The van der Waals surface area contributed by atoms with E-state index in [-0.39, 0.29) is 12.1 Å². The number of hydrogen-bond acceptors (Lipinski definition) is 4. The Bertz CT molecular complexity index is 803. The number of carbonyl (C=O) groups is 1. The molecule has 1 aromatic heterocycles. The van der Waals surface area contributed by atoms with Crippen molar-refractivity contribution in [3.8, 4) is 0 Å². The molecule has 0 spiro atoms. The van der Waals surface area contributed by atoms with E-state index in [2.05, 4.69) is 10.2 Å². The van der Waals surface area contributed by atoms with Crippen LogP contribution < -0.4 is 0 Å². The second-order valence-corrected chi connectivity index (χ2v) is 5.63. The Morgan fingerprint density at radius 1 is 1.42 bits per heavy atom. The number of carboxylic acid groups (broad SMARTS) is 1. The Morgan fingerprint density at radius 3 is 2.92 bits per heavy atom. The zero-order chi connectivity index (χ0) is 17.3. The normalized spacial score (nSPS) is 18.0. The van der Waals surface area contributed by atoms with E-state index in [9.17, 15) is 18.7 Å². The number of nitrogens with zero attached hydrogens (tertiary/aromatic N) is 4. The largest absolute Gasteiger partial charge is 0.480 e. The molecule has 3 rings (SSSR count). The summed E-state index contributed by atoms with van der Waals surface area (Å²) in [6.07, 6.45) is 3.17. The highest BCUT2D eigenvalue weighted by molar-refractivity contribution is 5.73. The van der Waals surface area contributed by atoms with Gasteiger partial charge in [0.25, 0.3) is 0 Å².